The van der Waals surface area contributed by atoms with Crippen LogP contribution in [-0.4, -0.2) is 124 Å². The largest absolute Gasteiger partial charge is 0.489 e. The summed E-state index contributed by atoms with van der Waals surface area (Å²) in [6.07, 6.45) is 9.59. The molecule has 11 rings (SSSR count). The highest BCUT2D eigenvalue weighted by atomic mass is 19.3. The Morgan fingerprint density at radius 2 is 1.72 bits per heavy atom. The van der Waals surface area contributed by atoms with Crippen molar-refractivity contribution in [3.05, 3.63) is 76.7 Å². The molecule has 61 heavy (non-hydrogen) atoms. The number of ether oxygens (including phenoxy) is 1. The number of imide groups is 1. The number of nitrogens with zero attached hydrogens (tertiary/aromatic N) is 7. The van der Waals surface area contributed by atoms with E-state index in [1.807, 2.05) is 48.5 Å². The molecule has 320 valence electrons. The lowest BCUT2D eigenvalue weighted by Crippen LogP contribution is -2.60. The van der Waals surface area contributed by atoms with Gasteiger partial charge in [-0.25, -0.2) is 18.7 Å². The van der Waals surface area contributed by atoms with E-state index < -0.39 is 18.4 Å². The van der Waals surface area contributed by atoms with E-state index in [-0.39, 0.29) is 42.9 Å². The highest BCUT2D eigenvalue weighted by Crippen LogP contribution is 2.48. The highest BCUT2D eigenvalue weighted by molar-refractivity contribution is 6.06. The lowest BCUT2D eigenvalue weighted by Gasteiger charge is -2.51. The lowest BCUT2D eigenvalue weighted by molar-refractivity contribution is -0.136. The molecule has 2 aromatic heterocycles. The van der Waals surface area contributed by atoms with Crippen LogP contribution in [0.2, 0.25) is 0 Å². The van der Waals surface area contributed by atoms with E-state index in [1.54, 1.807) is 4.90 Å². The zero-order valence-electron chi connectivity index (χ0n) is 34.6. The number of piperidine rings is 2. The van der Waals surface area contributed by atoms with Crippen LogP contribution in [0.25, 0.3) is 10.9 Å². The number of piperazine rings is 1. The number of anilines is 2. The van der Waals surface area contributed by atoms with Gasteiger partial charge in [0.15, 0.2) is 0 Å². The molecule has 8 heterocycles. The third kappa shape index (κ3) is 6.73. The van der Waals surface area contributed by atoms with Gasteiger partial charge in [-0.15, -0.1) is 0 Å². The quantitative estimate of drug-likeness (QED) is 0.243. The molecule has 15 heteroatoms. The van der Waals surface area contributed by atoms with E-state index in [0.29, 0.717) is 49.0 Å². The Balaban J connectivity index is 0.704. The van der Waals surface area contributed by atoms with Gasteiger partial charge in [-0.2, -0.15) is 0 Å². The van der Waals surface area contributed by atoms with Crippen LogP contribution in [0.15, 0.2) is 48.8 Å². The van der Waals surface area contributed by atoms with Crippen molar-refractivity contribution >= 4 is 40.3 Å². The number of nitrogens with one attached hydrogen (secondary N) is 2. The van der Waals surface area contributed by atoms with Crippen LogP contribution in [0.1, 0.15) is 97.1 Å². The molecule has 2 N–H and O–H groups in total. The number of aromatic amines is 1. The first-order valence-corrected chi connectivity index (χ1v) is 22.3. The van der Waals surface area contributed by atoms with Gasteiger partial charge < -0.3 is 24.4 Å². The molecule has 3 amide bonds. The van der Waals surface area contributed by atoms with Gasteiger partial charge in [-0.05, 0) is 93.0 Å². The van der Waals surface area contributed by atoms with Crippen molar-refractivity contribution in [2.24, 2.45) is 5.41 Å². The number of carbonyl (C=O) groups excluding carboxylic acids is 3. The van der Waals surface area contributed by atoms with Crippen LogP contribution < -0.4 is 19.9 Å². The molecular weight excluding hydrogens is 781 g/mol. The van der Waals surface area contributed by atoms with Gasteiger partial charge in [0.2, 0.25) is 17.8 Å². The van der Waals surface area contributed by atoms with Crippen LogP contribution >= 0.6 is 0 Å². The molecule has 13 nitrogen and oxygen atoms in total. The Hall–Kier alpha value is -5.15. The van der Waals surface area contributed by atoms with Gasteiger partial charge >= 0.3 is 0 Å². The molecule has 3 saturated heterocycles. The summed E-state index contributed by atoms with van der Waals surface area (Å²) in [6.45, 7) is 7.30. The maximum atomic E-state index is 13.9. The number of halogens is 2. The third-order valence-corrected chi connectivity index (χ3v) is 15.3. The van der Waals surface area contributed by atoms with Crippen molar-refractivity contribution in [2.45, 2.75) is 108 Å². The predicted molar refractivity (Wildman–Crippen MR) is 225 cm³/mol. The van der Waals surface area contributed by atoms with E-state index in [0.717, 1.165) is 84.7 Å². The second kappa shape index (κ2) is 15.0. The van der Waals surface area contributed by atoms with Crippen molar-refractivity contribution in [1.29, 1.82) is 0 Å². The summed E-state index contributed by atoms with van der Waals surface area (Å²) in [4.78, 5) is 62.0. The Morgan fingerprint density at radius 3 is 2.49 bits per heavy atom. The maximum absolute atomic E-state index is 13.9. The van der Waals surface area contributed by atoms with Crippen molar-refractivity contribution in [2.75, 3.05) is 55.7 Å². The molecule has 4 atom stereocenters. The standard InChI is InChI=1S/C46H53F2N9O4/c1-27-18-34-32-4-2-3-5-35(32)51-41(34)42(56(27)25-39(47)48)29-21-49-45(50-22-29)53-14-12-46(13-15-53)10-8-30(9-11-46)54-16-17-55-31(24-54)26-61-38-20-33-28(19-37(38)55)23-57(44(33)60)36-6-7-40(58)52-43(36)59/h2-5,19-22,27,30-31,36,39,42,51H,6-18,23-26H2,1H3,(H,52,58,59)/t27-,31+,36?,42-/m1/s1. The van der Waals surface area contributed by atoms with Crippen LogP contribution in [0, 0.1) is 5.41 Å². The molecule has 4 aromatic rings. The van der Waals surface area contributed by atoms with Crippen molar-refractivity contribution in [1.82, 2.24) is 35.0 Å². The number of para-hydroxylation sites is 1. The van der Waals surface area contributed by atoms with E-state index >= 15 is 0 Å². The summed E-state index contributed by atoms with van der Waals surface area (Å²) >= 11 is 0. The number of amides is 3. The molecule has 2 aromatic carbocycles. The van der Waals surface area contributed by atoms with Gasteiger partial charge in [0.25, 0.3) is 12.3 Å². The van der Waals surface area contributed by atoms with E-state index in [2.05, 4.69) is 37.1 Å². The number of H-pyrrole nitrogens is 1. The van der Waals surface area contributed by atoms with Crippen LogP contribution in [0.3, 0.4) is 0 Å². The van der Waals surface area contributed by atoms with Gasteiger partial charge in [0.1, 0.15) is 18.4 Å². The lowest BCUT2D eigenvalue weighted by atomic mass is 9.66. The molecule has 1 aliphatic carbocycles. The van der Waals surface area contributed by atoms with Gasteiger partial charge in [0, 0.05) is 97.9 Å². The Labute approximate surface area is 353 Å². The molecule has 0 radical (unpaired) electrons. The molecule has 1 saturated carbocycles. The number of carbonyl (C=O) groups is 3. The number of hydrogen-bond acceptors (Lipinski definition) is 10. The molecule has 1 spiro atoms. The fourth-order valence-corrected chi connectivity index (χ4v) is 12.0. The summed E-state index contributed by atoms with van der Waals surface area (Å²) in [5, 5.41) is 3.54. The smallest absolute Gasteiger partial charge is 0.255 e. The first-order valence-electron chi connectivity index (χ1n) is 22.3. The second-order valence-corrected chi connectivity index (χ2v) is 18.7. The van der Waals surface area contributed by atoms with Crippen LogP contribution in [-0.2, 0) is 22.6 Å². The van der Waals surface area contributed by atoms with Gasteiger partial charge in [-0.3, -0.25) is 29.5 Å². The Morgan fingerprint density at radius 1 is 0.934 bits per heavy atom. The Kier molecular flexibility index (Phi) is 9.55. The summed E-state index contributed by atoms with van der Waals surface area (Å²) in [7, 11) is 0. The molecule has 1 unspecified atom stereocenters. The average Bonchev–Trinajstić information content (AvgIpc) is 3.79. The summed E-state index contributed by atoms with van der Waals surface area (Å²) in [6, 6.07) is 11.9. The van der Waals surface area contributed by atoms with Crippen molar-refractivity contribution in [3.8, 4) is 5.75 Å². The minimum atomic E-state index is -2.44. The molecule has 6 aliphatic heterocycles. The zero-order valence-corrected chi connectivity index (χ0v) is 34.6. The van der Waals surface area contributed by atoms with Gasteiger partial charge in [-0.1, -0.05) is 18.2 Å². The van der Waals surface area contributed by atoms with E-state index in [4.69, 9.17) is 14.7 Å². The topological polar surface area (TPSA) is 130 Å². The normalized spacial score (nSPS) is 27.0. The predicted octanol–water partition coefficient (Wildman–Crippen LogP) is 5.43. The summed E-state index contributed by atoms with van der Waals surface area (Å²) in [5.74, 6) is 0.581. The SMILES string of the molecule is C[C@@H]1Cc2c([nH]c3ccccc23)[C@@H](c2cnc(N3CCC4(CCC(N5CCN6c7cc8c(cc7OC[C@@H]6C5)C(=O)N(C5CCC(=O)NC5=O)C8)CC4)CC3)nc2)N1CC(F)F. The first kappa shape index (κ1) is 38.7. The van der Waals surface area contributed by atoms with Crippen LogP contribution in [0.4, 0.5) is 20.4 Å². The minimum absolute atomic E-state index is 0.0553. The number of aromatic nitrogens is 3. The molecule has 0 bridgehead atoms. The van der Waals surface area contributed by atoms with E-state index in [9.17, 15) is 23.2 Å². The number of rotatable bonds is 6. The zero-order chi connectivity index (χ0) is 41.6. The number of hydrogen-bond donors (Lipinski definition) is 2. The number of benzene rings is 2. The minimum Gasteiger partial charge on any atom is -0.489 e. The first-order chi connectivity index (χ1) is 29.6. The fourth-order valence-electron chi connectivity index (χ4n) is 12.0. The monoisotopic (exact) mass is 833 g/mol. The summed E-state index contributed by atoms with van der Waals surface area (Å²) < 4.78 is 34.2. The summed E-state index contributed by atoms with van der Waals surface area (Å²) in [5.41, 5.74) is 6.88. The molecule has 7 aliphatic rings. The third-order valence-electron chi connectivity index (χ3n) is 15.3. The van der Waals surface area contributed by atoms with Crippen molar-refractivity contribution in [3.63, 3.8) is 0 Å². The van der Waals surface area contributed by atoms with Crippen molar-refractivity contribution < 1.29 is 27.9 Å². The highest BCUT2D eigenvalue weighted by Gasteiger charge is 2.45. The fraction of sp³-hybridized carbons (Fsp3) is 0.543. The second-order valence-electron chi connectivity index (χ2n) is 18.7. The van der Waals surface area contributed by atoms with Crippen LogP contribution in [0.5, 0.6) is 5.75 Å². The average molecular weight is 834 g/mol. The Bertz CT molecular complexity index is 2370. The molecular formula is C46H53F2N9O4. The van der Waals surface area contributed by atoms with Gasteiger partial charge in [0.05, 0.1) is 24.3 Å². The number of fused-ring (bicyclic) bond motifs is 7. The number of alkyl halides is 2. The maximum Gasteiger partial charge on any atom is 0.255 e. The van der Waals surface area contributed by atoms with E-state index in [1.165, 1.54) is 31.2 Å². The molecule has 4 fully saturated rings.